The second-order valence-corrected chi connectivity index (χ2v) is 3.77. The zero-order valence-electron chi connectivity index (χ0n) is 8.89. The number of rotatable bonds is 3. The minimum atomic E-state index is -0.818. The van der Waals surface area contributed by atoms with E-state index in [0.29, 0.717) is 30.5 Å². The van der Waals surface area contributed by atoms with E-state index < -0.39 is 6.23 Å². The monoisotopic (exact) mass is 215 g/mol. The molecule has 82 valence electrons. The van der Waals surface area contributed by atoms with Crippen LogP contribution in [0.15, 0.2) is 24.3 Å². The molecule has 1 atom stereocenters. The molecule has 1 aromatic carbocycles. The van der Waals surface area contributed by atoms with E-state index in [9.17, 15) is 9.90 Å². The number of aliphatic hydroxyl groups excluding tert-OH is 1. The van der Waals surface area contributed by atoms with Crippen LogP contribution in [0.3, 0.4) is 0 Å². The molecule has 0 aromatic heterocycles. The van der Waals surface area contributed by atoms with Gasteiger partial charge in [-0.25, -0.2) is 0 Å². The minimum absolute atomic E-state index is 0.111. The van der Waals surface area contributed by atoms with Crippen LogP contribution in [0.1, 0.15) is 35.0 Å². The topological polar surface area (TPSA) is 40.5 Å². The van der Waals surface area contributed by atoms with Crippen LogP contribution in [-0.4, -0.2) is 22.5 Å². The molecule has 1 N–H and O–H groups in total. The van der Waals surface area contributed by atoms with Gasteiger partial charge in [-0.2, -0.15) is 0 Å². The van der Waals surface area contributed by atoms with Gasteiger partial charge in [0.05, 0.1) is 0 Å². The van der Waals surface area contributed by atoms with Crippen molar-refractivity contribution < 1.29 is 9.90 Å². The summed E-state index contributed by atoms with van der Waals surface area (Å²) in [7, 11) is 0. The highest BCUT2D eigenvalue weighted by atomic mass is 16.3. The number of amides is 1. The van der Waals surface area contributed by atoms with E-state index in [2.05, 4.69) is 5.92 Å². The van der Waals surface area contributed by atoms with Crippen LogP contribution < -0.4 is 0 Å². The summed E-state index contributed by atoms with van der Waals surface area (Å²) < 4.78 is 0. The number of carbonyl (C=O) groups excluding carboxylic acids is 1. The number of unbranched alkanes of at least 4 members (excludes halogenated alkanes) is 1. The predicted molar refractivity (Wildman–Crippen MR) is 60.5 cm³/mol. The van der Waals surface area contributed by atoms with Crippen molar-refractivity contribution in [3.63, 3.8) is 0 Å². The Bertz CT molecular complexity index is 447. The van der Waals surface area contributed by atoms with Crippen molar-refractivity contribution in [1.29, 1.82) is 0 Å². The SMILES string of the molecule is C#CCCCN1C(=O)c2ccccc2C1O. The molecule has 3 heteroatoms. The Morgan fingerprint density at radius 2 is 2.19 bits per heavy atom. The summed E-state index contributed by atoms with van der Waals surface area (Å²) in [4.78, 5) is 13.4. The van der Waals surface area contributed by atoms with Crippen molar-refractivity contribution in [1.82, 2.24) is 4.90 Å². The number of nitrogens with zero attached hydrogens (tertiary/aromatic N) is 1. The predicted octanol–water partition coefficient (Wildman–Crippen LogP) is 1.55. The summed E-state index contributed by atoms with van der Waals surface area (Å²) in [5.74, 6) is 2.41. The minimum Gasteiger partial charge on any atom is -0.369 e. The average Bonchev–Trinajstić information content (AvgIpc) is 2.55. The Labute approximate surface area is 94.7 Å². The number of hydrogen-bond donors (Lipinski definition) is 1. The van der Waals surface area contributed by atoms with Gasteiger partial charge in [0.25, 0.3) is 5.91 Å². The quantitative estimate of drug-likeness (QED) is 0.614. The molecule has 2 rings (SSSR count). The maximum atomic E-state index is 11.9. The highest BCUT2D eigenvalue weighted by molar-refractivity contribution is 5.98. The molecular formula is C13H13NO2. The van der Waals surface area contributed by atoms with Gasteiger partial charge >= 0.3 is 0 Å². The van der Waals surface area contributed by atoms with Crippen LogP contribution in [-0.2, 0) is 0 Å². The molecular weight excluding hydrogens is 202 g/mol. The Morgan fingerprint density at radius 3 is 2.88 bits per heavy atom. The normalized spacial score (nSPS) is 18.4. The molecule has 1 heterocycles. The molecule has 0 fully saturated rings. The van der Waals surface area contributed by atoms with Crippen LogP contribution in [0.25, 0.3) is 0 Å². The number of fused-ring (bicyclic) bond motifs is 1. The Hall–Kier alpha value is -1.79. The maximum Gasteiger partial charge on any atom is 0.256 e. The summed E-state index contributed by atoms with van der Waals surface area (Å²) in [6.45, 7) is 0.499. The van der Waals surface area contributed by atoms with Gasteiger partial charge in [0.15, 0.2) is 6.23 Å². The fraction of sp³-hybridized carbons (Fsp3) is 0.308. The van der Waals surface area contributed by atoms with E-state index in [1.54, 1.807) is 18.2 Å². The van der Waals surface area contributed by atoms with Crippen molar-refractivity contribution >= 4 is 5.91 Å². The molecule has 0 saturated carbocycles. The van der Waals surface area contributed by atoms with Crippen LogP contribution in [0.4, 0.5) is 0 Å². The summed E-state index contributed by atoms with van der Waals surface area (Å²) in [6, 6.07) is 7.13. The average molecular weight is 215 g/mol. The summed E-state index contributed by atoms with van der Waals surface area (Å²) >= 11 is 0. The molecule has 0 saturated heterocycles. The number of terminal acetylenes is 1. The first-order valence-corrected chi connectivity index (χ1v) is 5.27. The molecule has 0 radical (unpaired) electrons. The third kappa shape index (κ3) is 1.68. The maximum absolute atomic E-state index is 11.9. The molecule has 16 heavy (non-hydrogen) atoms. The standard InChI is InChI=1S/C13H13NO2/c1-2-3-6-9-14-12(15)10-7-4-5-8-11(10)13(14)16/h1,4-5,7-8,12,15H,3,6,9H2. The van der Waals surface area contributed by atoms with E-state index in [0.717, 1.165) is 0 Å². The van der Waals surface area contributed by atoms with Gasteiger partial charge in [-0.3, -0.25) is 4.79 Å². The smallest absolute Gasteiger partial charge is 0.256 e. The Kier molecular flexibility index (Phi) is 2.93. The zero-order valence-corrected chi connectivity index (χ0v) is 8.89. The molecule has 1 aromatic rings. The highest BCUT2D eigenvalue weighted by Gasteiger charge is 2.34. The molecule has 1 aliphatic heterocycles. The van der Waals surface area contributed by atoms with Crippen molar-refractivity contribution in [3.05, 3.63) is 35.4 Å². The lowest BCUT2D eigenvalue weighted by Crippen LogP contribution is -2.28. The van der Waals surface area contributed by atoms with Crippen molar-refractivity contribution in [2.24, 2.45) is 0 Å². The van der Waals surface area contributed by atoms with Gasteiger partial charge in [0, 0.05) is 24.1 Å². The fourth-order valence-corrected chi connectivity index (χ4v) is 1.93. The zero-order chi connectivity index (χ0) is 11.5. The van der Waals surface area contributed by atoms with Crippen LogP contribution in [0.2, 0.25) is 0 Å². The first-order chi connectivity index (χ1) is 7.75. The van der Waals surface area contributed by atoms with Crippen LogP contribution >= 0.6 is 0 Å². The second kappa shape index (κ2) is 4.38. The molecule has 0 aliphatic carbocycles. The van der Waals surface area contributed by atoms with Gasteiger partial charge in [-0.05, 0) is 12.5 Å². The van der Waals surface area contributed by atoms with Gasteiger partial charge in [0.1, 0.15) is 0 Å². The van der Waals surface area contributed by atoms with Crippen molar-refractivity contribution in [2.45, 2.75) is 19.1 Å². The fourth-order valence-electron chi connectivity index (χ4n) is 1.93. The van der Waals surface area contributed by atoms with Gasteiger partial charge in [0.2, 0.25) is 0 Å². The Morgan fingerprint density at radius 1 is 1.44 bits per heavy atom. The van der Waals surface area contributed by atoms with E-state index >= 15 is 0 Å². The molecule has 1 amide bonds. The first kappa shape index (κ1) is 10.7. The van der Waals surface area contributed by atoms with Crippen molar-refractivity contribution in [2.75, 3.05) is 6.54 Å². The summed E-state index contributed by atoms with van der Waals surface area (Å²) in [5.41, 5.74) is 1.28. The lowest BCUT2D eigenvalue weighted by atomic mass is 10.1. The van der Waals surface area contributed by atoms with Gasteiger partial charge in [-0.1, -0.05) is 18.2 Å². The summed E-state index contributed by atoms with van der Waals surface area (Å²) in [6.07, 6.45) is 5.67. The molecule has 1 aliphatic rings. The number of hydrogen-bond acceptors (Lipinski definition) is 2. The molecule has 0 spiro atoms. The third-order valence-corrected chi connectivity index (χ3v) is 2.75. The third-order valence-electron chi connectivity index (χ3n) is 2.75. The lowest BCUT2D eigenvalue weighted by Gasteiger charge is -2.20. The van der Waals surface area contributed by atoms with E-state index in [-0.39, 0.29) is 5.91 Å². The van der Waals surface area contributed by atoms with E-state index in [1.165, 1.54) is 4.90 Å². The van der Waals surface area contributed by atoms with E-state index in [4.69, 9.17) is 6.42 Å². The number of benzene rings is 1. The number of aliphatic hydroxyl groups is 1. The van der Waals surface area contributed by atoms with Crippen LogP contribution in [0, 0.1) is 12.3 Å². The summed E-state index contributed by atoms with van der Waals surface area (Å²) in [5, 5.41) is 9.96. The largest absolute Gasteiger partial charge is 0.369 e. The molecule has 0 bridgehead atoms. The first-order valence-electron chi connectivity index (χ1n) is 5.27. The lowest BCUT2D eigenvalue weighted by molar-refractivity contribution is 0.0174. The van der Waals surface area contributed by atoms with Gasteiger partial charge in [-0.15, -0.1) is 12.3 Å². The molecule has 3 nitrogen and oxygen atoms in total. The molecule has 1 unspecified atom stereocenters. The Balaban J connectivity index is 2.16. The van der Waals surface area contributed by atoms with Crippen LogP contribution in [0.5, 0.6) is 0 Å². The van der Waals surface area contributed by atoms with Gasteiger partial charge < -0.3 is 10.0 Å². The highest BCUT2D eigenvalue weighted by Crippen LogP contribution is 2.31. The van der Waals surface area contributed by atoms with E-state index in [1.807, 2.05) is 6.07 Å². The van der Waals surface area contributed by atoms with Crippen molar-refractivity contribution in [3.8, 4) is 12.3 Å². The second-order valence-electron chi connectivity index (χ2n) is 3.77. The number of carbonyl (C=O) groups is 1.